The quantitative estimate of drug-likeness (QED) is 0.263. The van der Waals surface area contributed by atoms with Crippen LogP contribution in [-0.4, -0.2) is 57.8 Å². The van der Waals surface area contributed by atoms with Gasteiger partial charge >= 0.3 is 0 Å². The minimum atomic E-state index is 0. The highest BCUT2D eigenvalue weighted by Crippen LogP contribution is 1.88. The van der Waals surface area contributed by atoms with Crippen LogP contribution in [0.4, 0.5) is 0 Å². The number of methoxy groups -OCH3 is 1. The molecule has 0 radical (unpaired) electrons. The van der Waals surface area contributed by atoms with Gasteiger partial charge in [0, 0.05) is 26.7 Å². The van der Waals surface area contributed by atoms with Crippen LogP contribution in [0.15, 0.2) is 4.99 Å². The topological polar surface area (TPSA) is 62.9 Å². The molecule has 0 spiro atoms. The Morgan fingerprint density at radius 3 is 2.67 bits per heavy atom. The number of ether oxygens (including phenoxy) is 1. The molecule has 110 valence electrons. The molecule has 0 rings (SSSR count). The van der Waals surface area contributed by atoms with Gasteiger partial charge in [-0.2, -0.15) is 0 Å². The first kappa shape index (κ1) is 20.2. The zero-order chi connectivity index (χ0) is 12.9. The Balaban J connectivity index is 0. The molecule has 0 aliphatic carbocycles. The Hall–Kier alpha value is -0.0800. The number of likely N-dealkylation sites (N-methyl/N-ethyl adjacent to an activating group) is 1. The van der Waals surface area contributed by atoms with Crippen molar-refractivity contribution in [3.63, 3.8) is 0 Å². The van der Waals surface area contributed by atoms with E-state index in [0.29, 0.717) is 5.96 Å². The maximum atomic E-state index is 5.72. The highest BCUT2D eigenvalue weighted by Gasteiger charge is 1.97. The number of hydrogen-bond acceptors (Lipinski definition) is 3. The third-order valence-electron chi connectivity index (χ3n) is 2.49. The average Bonchev–Trinajstić information content (AvgIpc) is 2.32. The van der Waals surface area contributed by atoms with E-state index < -0.39 is 0 Å². The molecule has 0 saturated carbocycles. The number of nitrogens with one attached hydrogen (secondary N) is 1. The van der Waals surface area contributed by atoms with E-state index in [2.05, 4.69) is 29.2 Å². The van der Waals surface area contributed by atoms with Crippen molar-refractivity contribution in [1.82, 2.24) is 10.2 Å². The number of hydrogen-bond donors (Lipinski definition) is 2. The molecule has 0 bridgehead atoms. The molecule has 0 aliphatic heterocycles. The fourth-order valence-electron chi connectivity index (χ4n) is 1.35. The van der Waals surface area contributed by atoms with E-state index in [1.807, 2.05) is 0 Å². The van der Waals surface area contributed by atoms with E-state index in [-0.39, 0.29) is 24.0 Å². The van der Waals surface area contributed by atoms with Gasteiger partial charge in [0.2, 0.25) is 0 Å². The van der Waals surface area contributed by atoms with Crippen molar-refractivity contribution in [3.05, 3.63) is 0 Å². The van der Waals surface area contributed by atoms with Gasteiger partial charge in [-0.25, -0.2) is 0 Å². The lowest BCUT2D eigenvalue weighted by atomic mass is 10.3. The lowest BCUT2D eigenvalue weighted by molar-refractivity contribution is 0.161. The summed E-state index contributed by atoms with van der Waals surface area (Å²) in [6, 6.07) is 0. The number of nitrogens with zero attached hydrogens (tertiary/aromatic N) is 2. The van der Waals surface area contributed by atoms with Crippen LogP contribution in [-0.2, 0) is 4.74 Å². The molecular formula is C12H29IN4O. The largest absolute Gasteiger partial charge is 0.383 e. The number of guanidine groups is 1. The molecule has 0 amide bonds. The number of aliphatic imine (C=N–C) groups is 1. The smallest absolute Gasteiger partial charge is 0.188 e. The molecule has 6 heteroatoms. The van der Waals surface area contributed by atoms with Gasteiger partial charge < -0.3 is 20.7 Å². The van der Waals surface area contributed by atoms with Crippen LogP contribution in [0, 0.1) is 0 Å². The predicted molar refractivity (Wildman–Crippen MR) is 88.8 cm³/mol. The minimum absolute atomic E-state index is 0. The van der Waals surface area contributed by atoms with Crippen LogP contribution < -0.4 is 11.1 Å². The van der Waals surface area contributed by atoms with Crippen molar-refractivity contribution in [2.45, 2.75) is 26.2 Å². The summed E-state index contributed by atoms with van der Waals surface area (Å²) in [6.45, 7) is 6.62. The van der Waals surface area contributed by atoms with E-state index in [1.54, 1.807) is 7.11 Å². The van der Waals surface area contributed by atoms with Crippen molar-refractivity contribution >= 4 is 29.9 Å². The van der Waals surface area contributed by atoms with E-state index in [1.165, 1.54) is 6.42 Å². The molecule has 5 nitrogen and oxygen atoms in total. The first-order valence-corrected chi connectivity index (χ1v) is 6.42. The second-order valence-electron chi connectivity index (χ2n) is 4.20. The fourth-order valence-corrected chi connectivity index (χ4v) is 1.35. The van der Waals surface area contributed by atoms with Crippen LogP contribution in [0.3, 0.4) is 0 Å². The van der Waals surface area contributed by atoms with Gasteiger partial charge in [-0.05, 0) is 26.4 Å². The first-order chi connectivity index (χ1) is 8.20. The van der Waals surface area contributed by atoms with Gasteiger partial charge in [-0.1, -0.05) is 13.3 Å². The van der Waals surface area contributed by atoms with Gasteiger partial charge in [-0.3, -0.25) is 4.99 Å². The van der Waals surface area contributed by atoms with Gasteiger partial charge in [0.15, 0.2) is 5.96 Å². The zero-order valence-corrected chi connectivity index (χ0v) is 14.3. The van der Waals surface area contributed by atoms with Crippen molar-refractivity contribution in [2.75, 3.05) is 46.9 Å². The molecular weight excluding hydrogens is 343 g/mol. The molecule has 3 N–H and O–H groups in total. The molecule has 0 aromatic heterocycles. The number of nitrogens with two attached hydrogens (primary N) is 1. The van der Waals surface area contributed by atoms with Gasteiger partial charge in [0.05, 0.1) is 6.61 Å². The number of halogens is 1. The Bertz CT molecular complexity index is 203. The summed E-state index contributed by atoms with van der Waals surface area (Å²) in [5.74, 6) is 0.568. The van der Waals surface area contributed by atoms with Gasteiger partial charge in [-0.15, -0.1) is 24.0 Å². The predicted octanol–water partition coefficient (Wildman–Crippen LogP) is 1.28. The third kappa shape index (κ3) is 14.0. The SMILES string of the molecule is CCCCNC(N)=NCCCN(C)CCOC.I. The second-order valence-corrected chi connectivity index (χ2v) is 4.20. The summed E-state index contributed by atoms with van der Waals surface area (Å²) in [6.07, 6.45) is 3.33. The summed E-state index contributed by atoms with van der Waals surface area (Å²) in [4.78, 5) is 6.51. The Morgan fingerprint density at radius 1 is 1.33 bits per heavy atom. The maximum absolute atomic E-state index is 5.72. The molecule has 18 heavy (non-hydrogen) atoms. The molecule has 0 aromatic carbocycles. The average molecular weight is 372 g/mol. The van der Waals surface area contributed by atoms with Crippen molar-refractivity contribution < 1.29 is 4.74 Å². The Morgan fingerprint density at radius 2 is 2.06 bits per heavy atom. The van der Waals surface area contributed by atoms with E-state index in [9.17, 15) is 0 Å². The van der Waals surface area contributed by atoms with Crippen LogP contribution >= 0.6 is 24.0 Å². The van der Waals surface area contributed by atoms with Crippen molar-refractivity contribution in [1.29, 1.82) is 0 Å². The summed E-state index contributed by atoms with van der Waals surface area (Å²) in [7, 11) is 3.81. The zero-order valence-electron chi connectivity index (χ0n) is 11.9. The van der Waals surface area contributed by atoms with Crippen LogP contribution in [0.25, 0.3) is 0 Å². The maximum Gasteiger partial charge on any atom is 0.188 e. The lowest BCUT2D eigenvalue weighted by Crippen LogP contribution is -2.32. The molecule has 0 aromatic rings. The normalized spacial score (nSPS) is 11.4. The van der Waals surface area contributed by atoms with Gasteiger partial charge in [0.1, 0.15) is 0 Å². The number of unbranched alkanes of at least 4 members (excludes halogenated alkanes) is 1. The Kier molecular flexibility index (Phi) is 16.8. The lowest BCUT2D eigenvalue weighted by Gasteiger charge is -2.14. The fraction of sp³-hybridized carbons (Fsp3) is 0.917. The second kappa shape index (κ2) is 15.0. The summed E-state index contributed by atoms with van der Waals surface area (Å²) < 4.78 is 5.01. The first-order valence-electron chi connectivity index (χ1n) is 6.42. The summed E-state index contributed by atoms with van der Waals surface area (Å²) in [5.41, 5.74) is 5.72. The Labute approximate surface area is 129 Å². The monoisotopic (exact) mass is 372 g/mol. The van der Waals surface area contributed by atoms with Crippen molar-refractivity contribution in [3.8, 4) is 0 Å². The molecule has 0 fully saturated rings. The minimum Gasteiger partial charge on any atom is -0.383 e. The third-order valence-corrected chi connectivity index (χ3v) is 2.49. The summed E-state index contributed by atoms with van der Waals surface area (Å²) in [5, 5.41) is 3.10. The van der Waals surface area contributed by atoms with Crippen molar-refractivity contribution in [2.24, 2.45) is 10.7 Å². The van der Waals surface area contributed by atoms with E-state index >= 15 is 0 Å². The van der Waals surface area contributed by atoms with Gasteiger partial charge in [0.25, 0.3) is 0 Å². The van der Waals surface area contributed by atoms with Crippen LogP contribution in [0.1, 0.15) is 26.2 Å². The summed E-state index contributed by atoms with van der Waals surface area (Å²) >= 11 is 0. The molecule has 0 unspecified atom stereocenters. The molecule has 0 atom stereocenters. The van der Waals surface area contributed by atoms with E-state index in [0.717, 1.165) is 45.6 Å². The highest BCUT2D eigenvalue weighted by molar-refractivity contribution is 14.0. The molecule has 0 heterocycles. The number of rotatable bonds is 10. The molecule has 0 saturated heterocycles. The highest BCUT2D eigenvalue weighted by atomic mass is 127. The van der Waals surface area contributed by atoms with Crippen LogP contribution in [0.2, 0.25) is 0 Å². The standard InChI is InChI=1S/C12H28N4O.HI/c1-4-5-7-14-12(13)15-8-6-9-16(2)10-11-17-3;/h4-11H2,1-3H3,(H3,13,14,15);1H. The molecule has 0 aliphatic rings. The van der Waals surface area contributed by atoms with E-state index in [4.69, 9.17) is 10.5 Å². The van der Waals surface area contributed by atoms with Crippen LogP contribution in [0.5, 0.6) is 0 Å².